The van der Waals surface area contributed by atoms with Crippen LogP contribution in [-0.4, -0.2) is 18.2 Å². The molecule has 0 aromatic heterocycles. The van der Waals surface area contributed by atoms with E-state index in [4.69, 9.17) is 0 Å². The van der Waals surface area contributed by atoms with Crippen molar-refractivity contribution in [2.45, 2.75) is 19.8 Å². The van der Waals surface area contributed by atoms with E-state index in [9.17, 15) is 9.59 Å². The molecule has 0 aliphatic carbocycles. The van der Waals surface area contributed by atoms with E-state index in [0.717, 1.165) is 23.2 Å². The monoisotopic (exact) mass is 279 g/mol. The molecule has 0 N–H and O–H groups in total. The molecule has 3 nitrogen and oxygen atoms in total. The zero-order valence-corrected chi connectivity index (χ0v) is 12.0. The molecule has 0 saturated heterocycles. The average molecular weight is 279 g/mol. The van der Waals surface area contributed by atoms with Gasteiger partial charge in [0.15, 0.2) is 5.78 Å². The first-order chi connectivity index (χ1) is 10.1. The number of rotatable bonds is 3. The van der Waals surface area contributed by atoms with Crippen LogP contribution in [-0.2, 0) is 17.6 Å². The molecule has 0 saturated carbocycles. The Hall–Kier alpha value is -2.42. The summed E-state index contributed by atoms with van der Waals surface area (Å²) in [5.74, 6) is 0.169. The number of nitrogens with zero attached hydrogens (tertiary/aromatic N) is 1. The third-order valence-electron chi connectivity index (χ3n) is 3.88. The van der Waals surface area contributed by atoms with E-state index < -0.39 is 0 Å². The fourth-order valence-corrected chi connectivity index (χ4v) is 2.75. The number of amides is 1. The lowest BCUT2D eigenvalue weighted by molar-refractivity contribution is -0.117. The van der Waals surface area contributed by atoms with E-state index in [1.165, 1.54) is 0 Å². The molecule has 2 aromatic carbocycles. The van der Waals surface area contributed by atoms with Gasteiger partial charge in [-0.2, -0.15) is 0 Å². The molecule has 1 amide bonds. The van der Waals surface area contributed by atoms with Crippen molar-refractivity contribution < 1.29 is 9.59 Å². The number of hydrogen-bond acceptors (Lipinski definition) is 2. The first kappa shape index (κ1) is 13.6. The van der Waals surface area contributed by atoms with Crippen LogP contribution in [0.3, 0.4) is 0 Å². The van der Waals surface area contributed by atoms with Crippen molar-refractivity contribution in [2.24, 2.45) is 0 Å². The van der Waals surface area contributed by atoms with Gasteiger partial charge in [0, 0.05) is 17.8 Å². The summed E-state index contributed by atoms with van der Waals surface area (Å²) in [6, 6.07) is 15.4. The molecule has 0 fully saturated rings. The van der Waals surface area contributed by atoms with Crippen molar-refractivity contribution in [3.05, 3.63) is 65.2 Å². The summed E-state index contributed by atoms with van der Waals surface area (Å²) in [6.07, 6.45) is 1.23. The van der Waals surface area contributed by atoms with E-state index in [1.54, 1.807) is 13.0 Å². The van der Waals surface area contributed by atoms with Gasteiger partial charge in [-0.3, -0.25) is 9.59 Å². The summed E-state index contributed by atoms with van der Waals surface area (Å²) in [6.45, 7) is 2.26. The Labute approximate surface area is 124 Å². The second-order valence-corrected chi connectivity index (χ2v) is 5.36. The highest BCUT2D eigenvalue weighted by atomic mass is 16.2. The summed E-state index contributed by atoms with van der Waals surface area (Å²) >= 11 is 0. The molecule has 0 unspecified atom stereocenters. The predicted molar refractivity (Wildman–Crippen MR) is 82.6 cm³/mol. The van der Waals surface area contributed by atoms with Crippen LogP contribution in [0, 0.1) is 0 Å². The van der Waals surface area contributed by atoms with E-state index in [2.05, 4.69) is 0 Å². The number of anilines is 1. The topological polar surface area (TPSA) is 37.4 Å². The minimum absolute atomic E-state index is 0.0619. The molecule has 21 heavy (non-hydrogen) atoms. The minimum Gasteiger partial charge on any atom is -0.312 e. The van der Waals surface area contributed by atoms with Crippen molar-refractivity contribution in [2.75, 3.05) is 11.4 Å². The Morgan fingerprint density at radius 2 is 1.86 bits per heavy atom. The lowest BCUT2D eigenvalue weighted by atomic mass is 10.1. The molecule has 2 aromatic rings. The predicted octanol–water partition coefficient (Wildman–Crippen LogP) is 3.02. The smallest absolute Gasteiger partial charge is 0.231 e. The third kappa shape index (κ3) is 2.72. The standard InChI is InChI=1S/C18H17NO2/c1-13(20)15-7-8-17-16(12-15)9-10-19(17)18(21)11-14-5-3-2-4-6-14/h2-8,12H,9-11H2,1H3. The summed E-state index contributed by atoms with van der Waals surface area (Å²) < 4.78 is 0. The third-order valence-corrected chi connectivity index (χ3v) is 3.88. The number of ketones is 1. The number of carbonyl (C=O) groups excluding carboxylic acids is 2. The van der Waals surface area contributed by atoms with Crippen molar-refractivity contribution in [3.8, 4) is 0 Å². The maximum Gasteiger partial charge on any atom is 0.231 e. The van der Waals surface area contributed by atoms with Gasteiger partial charge in [-0.15, -0.1) is 0 Å². The first-order valence-electron chi connectivity index (χ1n) is 7.13. The SMILES string of the molecule is CC(=O)c1ccc2c(c1)CCN2C(=O)Cc1ccccc1. The lowest BCUT2D eigenvalue weighted by Gasteiger charge is -2.17. The van der Waals surface area contributed by atoms with Gasteiger partial charge >= 0.3 is 0 Å². The normalized spacial score (nSPS) is 13.1. The van der Waals surface area contributed by atoms with E-state index in [1.807, 2.05) is 47.4 Å². The Balaban J connectivity index is 1.81. The van der Waals surface area contributed by atoms with Crippen molar-refractivity contribution >= 4 is 17.4 Å². The average Bonchev–Trinajstić information content (AvgIpc) is 2.91. The molecule has 3 rings (SSSR count). The zero-order valence-electron chi connectivity index (χ0n) is 12.0. The number of fused-ring (bicyclic) bond motifs is 1. The Morgan fingerprint density at radius 1 is 1.10 bits per heavy atom. The van der Waals surface area contributed by atoms with Crippen LogP contribution in [0.2, 0.25) is 0 Å². The highest BCUT2D eigenvalue weighted by Gasteiger charge is 2.25. The molecule has 0 atom stereocenters. The number of hydrogen-bond donors (Lipinski definition) is 0. The molecule has 3 heteroatoms. The van der Waals surface area contributed by atoms with Crippen molar-refractivity contribution in [1.82, 2.24) is 0 Å². The van der Waals surface area contributed by atoms with Crippen molar-refractivity contribution in [3.63, 3.8) is 0 Å². The van der Waals surface area contributed by atoms with Gasteiger partial charge in [0.05, 0.1) is 6.42 Å². The number of benzene rings is 2. The van der Waals surface area contributed by atoms with Gasteiger partial charge in [-0.05, 0) is 42.7 Å². The fraction of sp³-hybridized carbons (Fsp3) is 0.222. The minimum atomic E-state index is 0.0619. The second-order valence-electron chi connectivity index (χ2n) is 5.36. The molecule has 0 spiro atoms. The first-order valence-corrected chi connectivity index (χ1v) is 7.13. The fourth-order valence-electron chi connectivity index (χ4n) is 2.75. The van der Waals surface area contributed by atoms with Crippen LogP contribution in [0.5, 0.6) is 0 Å². The quantitative estimate of drug-likeness (QED) is 0.810. The Morgan fingerprint density at radius 3 is 2.57 bits per heavy atom. The van der Waals surface area contributed by atoms with Gasteiger partial charge < -0.3 is 4.90 Å². The molecule has 1 aliphatic rings. The van der Waals surface area contributed by atoms with Gasteiger partial charge in [0.1, 0.15) is 0 Å². The van der Waals surface area contributed by atoms with E-state index in [0.29, 0.717) is 18.5 Å². The largest absolute Gasteiger partial charge is 0.312 e. The van der Waals surface area contributed by atoms with E-state index >= 15 is 0 Å². The van der Waals surface area contributed by atoms with Crippen LogP contribution >= 0.6 is 0 Å². The highest BCUT2D eigenvalue weighted by Crippen LogP contribution is 2.29. The Bertz CT molecular complexity index is 692. The molecule has 1 aliphatic heterocycles. The maximum atomic E-state index is 12.5. The molecule has 0 bridgehead atoms. The molecule has 1 heterocycles. The van der Waals surface area contributed by atoms with Gasteiger partial charge in [-0.25, -0.2) is 0 Å². The summed E-state index contributed by atoms with van der Waals surface area (Å²) in [5.41, 5.74) is 3.77. The number of carbonyl (C=O) groups is 2. The van der Waals surface area contributed by atoms with Crippen molar-refractivity contribution in [1.29, 1.82) is 0 Å². The lowest BCUT2D eigenvalue weighted by Crippen LogP contribution is -2.30. The van der Waals surface area contributed by atoms with E-state index in [-0.39, 0.29) is 11.7 Å². The summed E-state index contributed by atoms with van der Waals surface area (Å²) in [7, 11) is 0. The van der Waals surface area contributed by atoms with Gasteiger partial charge in [0.25, 0.3) is 0 Å². The van der Waals surface area contributed by atoms with Gasteiger partial charge in [-0.1, -0.05) is 30.3 Å². The second kappa shape index (κ2) is 5.52. The molecular weight excluding hydrogens is 262 g/mol. The van der Waals surface area contributed by atoms with Crippen LogP contribution in [0.25, 0.3) is 0 Å². The highest BCUT2D eigenvalue weighted by molar-refractivity contribution is 5.99. The zero-order chi connectivity index (χ0) is 14.8. The summed E-state index contributed by atoms with van der Waals surface area (Å²) in [5, 5.41) is 0. The van der Waals surface area contributed by atoms with Crippen LogP contribution in [0.4, 0.5) is 5.69 Å². The van der Waals surface area contributed by atoms with Crippen LogP contribution in [0.15, 0.2) is 48.5 Å². The summed E-state index contributed by atoms with van der Waals surface area (Å²) in [4.78, 5) is 25.7. The maximum absolute atomic E-state index is 12.5. The Kier molecular flexibility index (Phi) is 3.57. The molecule has 0 radical (unpaired) electrons. The van der Waals surface area contributed by atoms with Gasteiger partial charge in [0.2, 0.25) is 5.91 Å². The molecule has 106 valence electrons. The number of Topliss-reactive ketones (excluding diaryl/α,β-unsaturated/α-hetero) is 1. The van der Waals surface area contributed by atoms with Crippen LogP contribution in [0.1, 0.15) is 28.4 Å². The van der Waals surface area contributed by atoms with Crippen LogP contribution < -0.4 is 4.90 Å². The molecular formula is C18H17NO2.